The predicted octanol–water partition coefficient (Wildman–Crippen LogP) is 4.65. The lowest BCUT2D eigenvalue weighted by Gasteiger charge is -2.28. The molecule has 1 fully saturated rings. The lowest BCUT2D eigenvalue weighted by Crippen LogP contribution is -2.21. The van der Waals surface area contributed by atoms with Crippen LogP contribution in [0.4, 0.5) is 5.69 Å². The summed E-state index contributed by atoms with van der Waals surface area (Å²) in [7, 11) is 1.90. The van der Waals surface area contributed by atoms with Gasteiger partial charge in [-0.1, -0.05) is 36.4 Å². The summed E-state index contributed by atoms with van der Waals surface area (Å²) in [5.41, 5.74) is 11.4. The van der Waals surface area contributed by atoms with Crippen LogP contribution in [0.2, 0.25) is 0 Å². The normalized spacial score (nSPS) is 20.3. The lowest BCUT2D eigenvalue weighted by atomic mass is 9.76. The molecular weight excluding hydrogens is 308 g/mol. The SMILES string of the molecule is CNc1cc(C(=O)C2CCC(c3cccc(CN)c3)CC2)ccc1C. The second kappa shape index (κ2) is 7.83. The smallest absolute Gasteiger partial charge is 0.166 e. The van der Waals surface area contributed by atoms with E-state index in [0.29, 0.717) is 18.2 Å². The molecule has 0 unspecified atom stereocenters. The fraction of sp³-hybridized carbons (Fsp3) is 0.409. The van der Waals surface area contributed by atoms with Gasteiger partial charge in [0.25, 0.3) is 0 Å². The van der Waals surface area contributed by atoms with Crippen LogP contribution in [0, 0.1) is 12.8 Å². The van der Waals surface area contributed by atoms with Gasteiger partial charge >= 0.3 is 0 Å². The minimum Gasteiger partial charge on any atom is -0.388 e. The number of rotatable bonds is 5. The van der Waals surface area contributed by atoms with Crippen molar-refractivity contribution in [2.45, 2.75) is 45.1 Å². The number of benzene rings is 2. The molecule has 1 saturated carbocycles. The molecule has 3 N–H and O–H groups in total. The van der Waals surface area contributed by atoms with Crippen molar-refractivity contribution < 1.29 is 4.79 Å². The number of carbonyl (C=O) groups is 1. The number of Topliss-reactive ketones (excluding diaryl/α,β-unsaturated/α-hetero) is 1. The number of hydrogen-bond acceptors (Lipinski definition) is 3. The zero-order valence-corrected chi connectivity index (χ0v) is 15.2. The quantitative estimate of drug-likeness (QED) is 0.781. The first-order valence-electron chi connectivity index (χ1n) is 9.24. The second-order valence-corrected chi connectivity index (χ2v) is 7.14. The molecule has 0 bridgehead atoms. The van der Waals surface area contributed by atoms with Crippen molar-refractivity contribution in [2.24, 2.45) is 11.7 Å². The summed E-state index contributed by atoms with van der Waals surface area (Å²) in [5.74, 6) is 1.01. The molecule has 0 spiro atoms. The maximum Gasteiger partial charge on any atom is 0.166 e. The number of carbonyl (C=O) groups excluding carboxylic acids is 1. The largest absolute Gasteiger partial charge is 0.388 e. The third-order valence-electron chi connectivity index (χ3n) is 5.55. The first-order valence-corrected chi connectivity index (χ1v) is 9.24. The third kappa shape index (κ3) is 3.93. The van der Waals surface area contributed by atoms with Crippen LogP contribution in [0.15, 0.2) is 42.5 Å². The van der Waals surface area contributed by atoms with E-state index < -0.39 is 0 Å². The summed E-state index contributed by atoms with van der Waals surface area (Å²) in [6, 6.07) is 14.6. The van der Waals surface area contributed by atoms with Crippen molar-refractivity contribution in [3.63, 3.8) is 0 Å². The Morgan fingerprint density at radius 2 is 1.88 bits per heavy atom. The van der Waals surface area contributed by atoms with Crippen molar-refractivity contribution in [2.75, 3.05) is 12.4 Å². The van der Waals surface area contributed by atoms with Gasteiger partial charge in [0.2, 0.25) is 0 Å². The summed E-state index contributed by atoms with van der Waals surface area (Å²) < 4.78 is 0. The van der Waals surface area contributed by atoms with E-state index in [2.05, 4.69) is 36.5 Å². The second-order valence-electron chi connectivity index (χ2n) is 7.14. The van der Waals surface area contributed by atoms with Crippen LogP contribution in [-0.2, 0) is 6.54 Å². The Kier molecular flexibility index (Phi) is 5.54. The maximum absolute atomic E-state index is 12.9. The Balaban J connectivity index is 1.66. The topological polar surface area (TPSA) is 55.1 Å². The first kappa shape index (κ1) is 17.7. The highest BCUT2D eigenvalue weighted by Gasteiger charge is 2.28. The van der Waals surface area contributed by atoms with E-state index in [1.54, 1.807) is 0 Å². The zero-order valence-electron chi connectivity index (χ0n) is 15.2. The third-order valence-corrected chi connectivity index (χ3v) is 5.55. The van der Waals surface area contributed by atoms with Gasteiger partial charge in [0.15, 0.2) is 5.78 Å². The van der Waals surface area contributed by atoms with Gasteiger partial charge in [-0.15, -0.1) is 0 Å². The van der Waals surface area contributed by atoms with Gasteiger partial charge in [-0.25, -0.2) is 0 Å². The van der Waals surface area contributed by atoms with Crippen molar-refractivity contribution >= 4 is 11.5 Å². The van der Waals surface area contributed by atoms with Crippen LogP contribution in [0.3, 0.4) is 0 Å². The van der Waals surface area contributed by atoms with Crippen LogP contribution >= 0.6 is 0 Å². The summed E-state index contributed by atoms with van der Waals surface area (Å²) in [6.07, 6.45) is 4.10. The predicted molar refractivity (Wildman–Crippen MR) is 104 cm³/mol. The van der Waals surface area contributed by atoms with Crippen LogP contribution in [-0.4, -0.2) is 12.8 Å². The van der Waals surface area contributed by atoms with Crippen molar-refractivity contribution in [3.05, 3.63) is 64.7 Å². The Hall–Kier alpha value is -2.13. The Labute approximate surface area is 150 Å². The van der Waals surface area contributed by atoms with Gasteiger partial charge in [-0.05, 0) is 61.3 Å². The molecule has 0 aromatic heterocycles. The van der Waals surface area contributed by atoms with Crippen LogP contribution < -0.4 is 11.1 Å². The number of nitrogens with one attached hydrogen (secondary N) is 1. The summed E-state index contributed by atoms with van der Waals surface area (Å²) in [5, 5.41) is 3.17. The van der Waals surface area contributed by atoms with Crippen molar-refractivity contribution in [3.8, 4) is 0 Å². The van der Waals surface area contributed by atoms with E-state index in [-0.39, 0.29) is 5.92 Å². The molecule has 3 heteroatoms. The van der Waals surface area contributed by atoms with E-state index in [0.717, 1.165) is 36.9 Å². The molecule has 1 aliphatic carbocycles. The van der Waals surface area contributed by atoms with E-state index in [4.69, 9.17) is 5.73 Å². The molecule has 0 amide bonds. The Morgan fingerprint density at radius 3 is 2.56 bits per heavy atom. The van der Waals surface area contributed by atoms with E-state index in [1.165, 1.54) is 16.7 Å². The van der Waals surface area contributed by atoms with E-state index in [1.807, 2.05) is 25.2 Å². The van der Waals surface area contributed by atoms with Gasteiger partial charge in [0, 0.05) is 30.8 Å². The van der Waals surface area contributed by atoms with Gasteiger partial charge in [-0.3, -0.25) is 4.79 Å². The molecule has 0 atom stereocenters. The highest BCUT2D eigenvalue weighted by atomic mass is 16.1. The number of hydrogen-bond donors (Lipinski definition) is 2. The zero-order chi connectivity index (χ0) is 17.8. The monoisotopic (exact) mass is 336 g/mol. The molecule has 3 nitrogen and oxygen atoms in total. The summed E-state index contributed by atoms with van der Waals surface area (Å²) in [4.78, 5) is 12.9. The summed E-state index contributed by atoms with van der Waals surface area (Å²) in [6.45, 7) is 2.64. The Bertz CT molecular complexity index is 745. The van der Waals surface area contributed by atoms with Gasteiger partial charge in [0.05, 0.1) is 0 Å². The standard InChI is InChI=1S/C22H28N2O/c1-15-6-7-20(13-21(15)24-2)22(25)18-10-8-17(9-11-18)19-5-3-4-16(12-19)14-23/h3-7,12-13,17-18,24H,8-11,14,23H2,1-2H3. The molecule has 0 heterocycles. The molecule has 2 aromatic carbocycles. The molecule has 1 aliphatic rings. The molecular formula is C22H28N2O. The fourth-order valence-corrected chi connectivity index (χ4v) is 3.94. The number of nitrogens with two attached hydrogens (primary N) is 1. The molecule has 25 heavy (non-hydrogen) atoms. The minimum atomic E-state index is 0.154. The van der Waals surface area contributed by atoms with Gasteiger partial charge in [-0.2, -0.15) is 0 Å². The number of aryl methyl sites for hydroxylation is 1. The van der Waals surface area contributed by atoms with E-state index >= 15 is 0 Å². The first-order chi connectivity index (χ1) is 12.1. The highest BCUT2D eigenvalue weighted by Crippen LogP contribution is 2.37. The molecule has 3 rings (SSSR count). The average Bonchev–Trinajstić information content (AvgIpc) is 2.68. The molecule has 0 radical (unpaired) electrons. The number of ketones is 1. The number of anilines is 1. The average molecular weight is 336 g/mol. The minimum absolute atomic E-state index is 0.154. The van der Waals surface area contributed by atoms with E-state index in [9.17, 15) is 4.79 Å². The highest BCUT2D eigenvalue weighted by molar-refractivity contribution is 5.98. The van der Waals surface area contributed by atoms with Crippen molar-refractivity contribution in [1.29, 1.82) is 0 Å². The van der Waals surface area contributed by atoms with Crippen LogP contribution in [0.5, 0.6) is 0 Å². The molecule has 2 aromatic rings. The molecule has 0 saturated heterocycles. The summed E-state index contributed by atoms with van der Waals surface area (Å²) >= 11 is 0. The van der Waals surface area contributed by atoms with Crippen LogP contribution in [0.1, 0.15) is 58.6 Å². The Morgan fingerprint density at radius 1 is 1.12 bits per heavy atom. The fourth-order valence-electron chi connectivity index (χ4n) is 3.94. The van der Waals surface area contributed by atoms with Crippen molar-refractivity contribution in [1.82, 2.24) is 0 Å². The maximum atomic E-state index is 12.9. The van der Waals surface area contributed by atoms with Gasteiger partial charge < -0.3 is 11.1 Å². The van der Waals surface area contributed by atoms with Gasteiger partial charge in [0.1, 0.15) is 0 Å². The lowest BCUT2D eigenvalue weighted by molar-refractivity contribution is 0.0884. The van der Waals surface area contributed by atoms with Crippen LogP contribution in [0.25, 0.3) is 0 Å². The molecule has 132 valence electrons. The molecule has 0 aliphatic heterocycles.